The number of aromatic nitrogens is 4. The predicted octanol–water partition coefficient (Wildman–Crippen LogP) is 4.02. The van der Waals surface area contributed by atoms with E-state index in [1.165, 1.54) is 24.3 Å². The molecule has 0 unspecified atom stereocenters. The van der Waals surface area contributed by atoms with Crippen LogP contribution in [-0.2, 0) is 0 Å². The van der Waals surface area contributed by atoms with E-state index < -0.39 is 6.36 Å². The molecule has 0 aliphatic rings. The lowest BCUT2D eigenvalue weighted by Crippen LogP contribution is -2.16. The van der Waals surface area contributed by atoms with E-state index in [1.54, 1.807) is 0 Å². The minimum atomic E-state index is -4.76. The fraction of sp³-hybridized carbons (Fsp3) is 0.250. The van der Waals surface area contributed by atoms with Gasteiger partial charge in [0.1, 0.15) is 23.3 Å². The summed E-state index contributed by atoms with van der Waals surface area (Å²) < 4.78 is 46.3. The Morgan fingerprint density at radius 1 is 1.15 bits per heavy atom. The van der Waals surface area contributed by atoms with Crippen LogP contribution < -0.4 is 4.74 Å². The highest BCUT2D eigenvalue weighted by atomic mass is 19.4. The molecule has 1 aromatic carbocycles. The number of H-pyrrole nitrogens is 1. The van der Waals surface area contributed by atoms with Crippen molar-refractivity contribution in [2.45, 2.75) is 26.1 Å². The van der Waals surface area contributed by atoms with E-state index in [2.05, 4.69) is 25.1 Å². The zero-order valence-electron chi connectivity index (χ0n) is 13.6. The molecule has 0 fully saturated rings. The van der Waals surface area contributed by atoms with Crippen molar-refractivity contribution in [1.29, 1.82) is 5.26 Å². The van der Waals surface area contributed by atoms with Gasteiger partial charge in [-0.1, -0.05) is 13.8 Å². The van der Waals surface area contributed by atoms with Crippen LogP contribution in [0.25, 0.3) is 22.8 Å². The lowest BCUT2D eigenvalue weighted by Gasteiger charge is -2.08. The van der Waals surface area contributed by atoms with E-state index in [4.69, 9.17) is 9.68 Å². The average Bonchev–Trinajstić information content (AvgIpc) is 3.20. The van der Waals surface area contributed by atoms with Gasteiger partial charge in [-0.3, -0.25) is 0 Å². The largest absolute Gasteiger partial charge is 0.573 e. The Morgan fingerprint density at radius 3 is 2.42 bits per heavy atom. The van der Waals surface area contributed by atoms with E-state index in [1.807, 2.05) is 19.9 Å². The second kappa shape index (κ2) is 6.51. The van der Waals surface area contributed by atoms with Crippen molar-refractivity contribution in [3.63, 3.8) is 0 Å². The summed E-state index contributed by atoms with van der Waals surface area (Å²) in [6.07, 6.45) is -4.76. The maximum Gasteiger partial charge on any atom is 0.573 e. The Balaban J connectivity index is 1.99. The maximum absolute atomic E-state index is 12.2. The molecule has 0 spiro atoms. The van der Waals surface area contributed by atoms with Crippen LogP contribution in [0.4, 0.5) is 13.2 Å². The topological polar surface area (TPSA) is 101 Å². The number of oxazole rings is 1. The van der Waals surface area contributed by atoms with Crippen LogP contribution in [0.3, 0.4) is 0 Å². The molecule has 0 aliphatic carbocycles. The summed E-state index contributed by atoms with van der Waals surface area (Å²) in [5.41, 5.74) is 1.13. The minimum Gasteiger partial charge on any atom is -0.440 e. The van der Waals surface area contributed by atoms with Crippen molar-refractivity contribution < 1.29 is 22.3 Å². The molecule has 1 N–H and O–H groups in total. The van der Waals surface area contributed by atoms with Gasteiger partial charge < -0.3 is 9.15 Å². The first-order chi connectivity index (χ1) is 12.3. The van der Waals surface area contributed by atoms with Crippen molar-refractivity contribution in [1.82, 2.24) is 20.4 Å². The van der Waals surface area contributed by atoms with Gasteiger partial charge in [0.05, 0.1) is 0 Å². The number of alkyl halides is 3. The third kappa shape index (κ3) is 3.51. The molecule has 2 heterocycles. The first kappa shape index (κ1) is 17.5. The summed E-state index contributed by atoms with van der Waals surface area (Å²) in [6, 6.07) is 7.03. The van der Waals surface area contributed by atoms with E-state index in [-0.39, 0.29) is 28.9 Å². The quantitative estimate of drug-likeness (QED) is 0.751. The number of hydrogen-bond acceptors (Lipinski definition) is 6. The van der Waals surface area contributed by atoms with Crippen LogP contribution in [0.15, 0.2) is 28.7 Å². The van der Waals surface area contributed by atoms with Crippen LogP contribution in [0.5, 0.6) is 5.75 Å². The summed E-state index contributed by atoms with van der Waals surface area (Å²) in [6.45, 7) is 3.75. The van der Waals surface area contributed by atoms with Gasteiger partial charge >= 0.3 is 6.36 Å². The number of aromatic amines is 1. The summed E-state index contributed by atoms with van der Waals surface area (Å²) in [5, 5.41) is 19.1. The van der Waals surface area contributed by atoms with Gasteiger partial charge in [0.25, 0.3) is 0 Å². The van der Waals surface area contributed by atoms with E-state index in [0.29, 0.717) is 17.0 Å². The minimum absolute atomic E-state index is 0.0673. The van der Waals surface area contributed by atoms with Crippen LogP contribution >= 0.6 is 0 Å². The second-order valence-electron chi connectivity index (χ2n) is 5.59. The van der Waals surface area contributed by atoms with E-state index >= 15 is 0 Å². The Bertz CT molecular complexity index is 952. The predicted molar refractivity (Wildman–Crippen MR) is 82.8 cm³/mol. The molecule has 0 saturated carbocycles. The van der Waals surface area contributed by atoms with Crippen molar-refractivity contribution in [2.75, 3.05) is 0 Å². The molecule has 0 amide bonds. The standard InChI is InChI=1S/C16H12F3N5O2/c1-8(2)14-13(12-11(7-20)22-24-23-12)21-15(25-14)9-3-5-10(6-4-9)26-16(17,18)19/h3-6,8H,1-2H3,(H,22,23,24). The lowest BCUT2D eigenvalue weighted by atomic mass is 10.1. The van der Waals surface area contributed by atoms with Gasteiger partial charge in [0.15, 0.2) is 11.4 Å². The zero-order valence-corrected chi connectivity index (χ0v) is 13.6. The third-order valence-electron chi connectivity index (χ3n) is 3.39. The molecule has 0 saturated heterocycles. The normalized spacial score (nSPS) is 11.6. The van der Waals surface area contributed by atoms with Gasteiger partial charge in [-0.05, 0) is 24.3 Å². The first-order valence-electron chi connectivity index (χ1n) is 7.46. The highest BCUT2D eigenvalue weighted by Crippen LogP contribution is 2.34. The summed E-state index contributed by atoms with van der Waals surface area (Å²) in [5.74, 6) is 0.262. The van der Waals surface area contributed by atoms with Crippen molar-refractivity contribution in [2.24, 2.45) is 0 Å². The van der Waals surface area contributed by atoms with E-state index in [0.717, 1.165) is 0 Å². The van der Waals surface area contributed by atoms with Crippen LogP contribution in [-0.4, -0.2) is 26.8 Å². The summed E-state index contributed by atoms with van der Waals surface area (Å²) >= 11 is 0. The van der Waals surface area contributed by atoms with Crippen LogP contribution in [0, 0.1) is 11.3 Å². The molecule has 7 nitrogen and oxygen atoms in total. The Hall–Kier alpha value is -3.35. The molecule has 134 valence electrons. The molecule has 0 radical (unpaired) electrons. The zero-order chi connectivity index (χ0) is 18.9. The SMILES string of the molecule is CC(C)c1oc(-c2ccc(OC(F)(F)F)cc2)nc1-c1n[nH]nc1C#N. The van der Waals surface area contributed by atoms with Crippen molar-refractivity contribution in [3.05, 3.63) is 35.7 Å². The Morgan fingerprint density at radius 2 is 1.85 bits per heavy atom. The highest BCUT2D eigenvalue weighted by Gasteiger charge is 2.31. The molecule has 0 aliphatic heterocycles. The molecule has 2 aromatic heterocycles. The second-order valence-corrected chi connectivity index (χ2v) is 5.59. The van der Waals surface area contributed by atoms with Gasteiger partial charge in [0.2, 0.25) is 5.89 Å². The molecular formula is C16H12F3N5O2. The van der Waals surface area contributed by atoms with Gasteiger partial charge in [-0.15, -0.1) is 18.3 Å². The number of ether oxygens (including phenoxy) is 1. The fourth-order valence-corrected chi connectivity index (χ4v) is 2.29. The molecule has 3 aromatic rings. The average molecular weight is 363 g/mol. The number of nitrogens with zero attached hydrogens (tertiary/aromatic N) is 4. The molecule has 0 bridgehead atoms. The molecule has 3 rings (SSSR count). The third-order valence-corrected chi connectivity index (χ3v) is 3.39. The molecule has 10 heteroatoms. The first-order valence-corrected chi connectivity index (χ1v) is 7.46. The monoisotopic (exact) mass is 363 g/mol. The van der Waals surface area contributed by atoms with Crippen LogP contribution in [0.1, 0.15) is 31.2 Å². The highest BCUT2D eigenvalue weighted by molar-refractivity contribution is 5.66. The number of nitrogens with one attached hydrogen (secondary N) is 1. The van der Waals surface area contributed by atoms with Crippen molar-refractivity contribution >= 4 is 0 Å². The number of nitriles is 1. The number of halogens is 3. The maximum atomic E-state index is 12.2. The summed E-state index contributed by atoms with van der Waals surface area (Å²) in [7, 11) is 0. The number of rotatable bonds is 4. The molecule has 26 heavy (non-hydrogen) atoms. The fourth-order valence-electron chi connectivity index (χ4n) is 2.29. The number of hydrogen-bond donors (Lipinski definition) is 1. The number of benzene rings is 1. The van der Waals surface area contributed by atoms with Gasteiger partial charge in [-0.25, -0.2) is 4.98 Å². The Labute approximate surface area is 145 Å². The van der Waals surface area contributed by atoms with Gasteiger partial charge in [0, 0.05) is 11.5 Å². The molecular weight excluding hydrogens is 351 g/mol. The Kier molecular flexibility index (Phi) is 4.38. The molecule has 0 atom stereocenters. The smallest absolute Gasteiger partial charge is 0.440 e. The summed E-state index contributed by atoms with van der Waals surface area (Å²) in [4.78, 5) is 4.35. The van der Waals surface area contributed by atoms with Crippen LogP contribution in [0.2, 0.25) is 0 Å². The van der Waals surface area contributed by atoms with E-state index in [9.17, 15) is 13.2 Å². The lowest BCUT2D eigenvalue weighted by molar-refractivity contribution is -0.274. The van der Waals surface area contributed by atoms with Crippen molar-refractivity contribution in [3.8, 4) is 34.7 Å². The van der Waals surface area contributed by atoms with Gasteiger partial charge in [-0.2, -0.15) is 15.6 Å².